The van der Waals surface area contributed by atoms with Gasteiger partial charge >= 0.3 is 6.18 Å². The van der Waals surface area contributed by atoms with Gasteiger partial charge in [-0.3, -0.25) is 14.6 Å². The summed E-state index contributed by atoms with van der Waals surface area (Å²) in [6.45, 7) is 4.18. The van der Waals surface area contributed by atoms with Crippen molar-refractivity contribution in [1.82, 2.24) is 15.1 Å². The van der Waals surface area contributed by atoms with Crippen molar-refractivity contribution in [3.63, 3.8) is 0 Å². The molecule has 4 fully saturated rings. The van der Waals surface area contributed by atoms with E-state index in [1.807, 2.05) is 0 Å². The van der Waals surface area contributed by atoms with Crippen LogP contribution < -0.4 is 5.32 Å². The van der Waals surface area contributed by atoms with Gasteiger partial charge in [0.2, 0.25) is 5.91 Å². The first-order chi connectivity index (χ1) is 16.8. The molecule has 0 bridgehead atoms. The van der Waals surface area contributed by atoms with Gasteiger partial charge in [0.25, 0.3) is 0 Å². The molecule has 0 radical (unpaired) electrons. The number of alkyl halides is 4. The van der Waals surface area contributed by atoms with Crippen LogP contribution >= 0.6 is 0 Å². The van der Waals surface area contributed by atoms with Crippen LogP contribution in [0.4, 0.5) is 17.6 Å². The summed E-state index contributed by atoms with van der Waals surface area (Å²) in [5, 5.41) is 3.07. The van der Waals surface area contributed by atoms with E-state index in [-0.39, 0.29) is 30.7 Å². The van der Waals surface area contributed by atoms with Crippen LogP contribution in [-0.2, 0) is 4.79 Å². The average molecular weight is 504 g/mol. The number of carbonyl (C=O) groups is 1. The van der Waals surface area contributed by atoms with Crippen molar-refractivity contribution < 1.29 is 22.4 Å². The van der Waals surface area contributed by atoms with Gasteiger partial charge in [-0.1, -0.05) is 38.5 Å². The van der Waals surface area contributed by atoms with Gasteiger partial charge in [-0.15, -0.1) is 0 Å². The van der Waals surface area contributed by atoms with Crippen molar-refractivity contribution in [2.45, 2.75) is 114 Å². The number of carbonyl (C=O) groups excluding carboxylic acids is 1. The molecular formula is C27H45F4N3O. The Morgan fingerprint density at radius 1 is 0.857 bits per heavy atom. The normalized spacial score (nSPS) is 31.8. The van der Waals surface area contributed by atoms with Gasteiger partial charge < -0.3 is 5.32 Å². The fourth-order valence-electron chi connectivity index (χ4n) is 7.32. The molecule has 4 atom stereocenters. The van der Waals surface area contributed by atoms with Gasteiger partial charge in [-0.2, -0.15) is 13.2 Å². The largest absolute Gasteiger partial charge is 0.391 e. The first kappa shape index (κ1) is 27.2. The summed E-state index contributed by atoms with van der Waals surface area (Å²) in [6, 6.07) is 0.551. The number of piperazine rings is 1. The molecule has 8 heteroatoms. The van der Waals surface area contributed by atoms with Crippen molar-refractivity contribution in [2.24, 2.45) is 17.8 Å². The molecule has 3 aliphatic carbocycles. The topological polar surface area (TPSA) is 35.6 Å². The fraction of sp³-hybridized carbons (Fsp3) is 0.963. The number of nitrogens with one attached hydrogen (secondary N) is 1. The molecule has 0 aromatic rings. The molecule has 0 aromatic heterocycles. The zero-order chi connectivity index (χ0) is 24.8. The van der Waals surface area contributed by atoms with E-state index < -0.39 is 24.7 Å². The summed E-state index contributed by atoms with van der Waals surface area (Å²) in [4.78, 5) is 18.4. The second-order valence-electron chi connectivity index (χ2n) is 11.7. The summed E-state index contributed by atoms with van der Waals surface area (Å²) in [5.74, 6) is -1.49. The molecule has 1 amide bonds. The van der Waals surface area contributed by atoms with Crippen LogP contribution in [0.15, 0.2) is 0 Å². The molecule has 1 heterocycles. The third kappa shape index (κ3) is 7.56. The summed E-state index contributed by atoms with van der Waals surface area (Å²) >= 11 is 0. The quantitative estimate of drug-likeness (QED) is 0.452. The third-order valence-electron chi connectivity index (χ3n) is 9.26. The third-order valence-corrected chi connectivity index (χ3v) is 9.26. The number of hydrogen-bond donors (Lipinski definition) is 1. The minimum atomic E-state index is -4.34. The molecule has 202 valence electrons. The average Bonchev–Trinajstić information content (AvgIpc) is 2.85. The van der Waals surface area contributed by atoms with Gasteiger partial charge in [0.1, 0.15) is 6.17 Å². The monoisotopic (exact) mass is 503 g/mol. The van der Waals surface area contributed by atoms with E-state index in [9.17, 15) is 22.4 Å². The van der Waals surface area contributed by atoms with E-state index in [0.717, 1.165) is 51.9 Å². The minimum absolute atomic E-state index is 0.0189. The highest BCUT2D eigenvalue weighted by Gasteiger charge is 2.45. The second kappa shape index (κ2) is 12.6. The molecule has 1 aliphatic heterocycles. The maximum absolute atomic E-state index is 14.0. The molecule has 35 heavy (non-hydrogen) atoms. The van der Waals surface area contributed by atoms with Crippen LogP contribution in [0.25, 0.3) is 0 Å². The number of amides is 1. The highest BCUT2D eigenvalue weighted by Crippen LogP contribution is 2.42. The molecule has 4 rings (SSSR count). The van der Waals surface area contributed by atoms with Crippen LogP contribution in [0.5, 0.6) is 0 Å². The Bertz CT molecular complexity index is 655. The van der Waals surface area contributed by atoms with Crippen molar-refractivity contribution in [1.29, 1.82) is 0 Å². The van der Waals surface area contributed by atoms with Crippen molar-refractivity contribution in [3.05, 3.63) is 0 Å². The van der Waals surface area contributed by atoms with Gasteiger partial charge in [0, 0.05) is 38.8 Å². The number of halogens is 4. The number of rotatable bonds is 7. The Hall–Kier alpha value is -0.890. The zero-order valence-electron chi connectivity index (χ0n) is 21.2. The molecule has 4 unspecified atom stereocenters. The van der Waals surface area contributed by atoms with Crippen molar-refractivity contribution in [3.8, 4) is 0 Å². The summed E-state index contributed by atoms with van der Waals surface area (Å²) in [6.07, 6.45) is 6.72. The minimum Gasteiger partial charge on any atom is -0.355 e. The summed E-state index contributed by atoms with van der Waals surface area (Å²) in [5.41, 5.74) is 0. The molecule has 4 nitrogen and oxygen atoms in total. The van der Waals surface area contributed by atoms with Gasteiger partial charge in [0.15, 0.2) is 0 Å². The first-order valence-corrected chi connectivity index (χ1v) is 14.3. The van der Waals surface area contributed by atoms with Crippen LogP contribution in [0, 0.1) is 17.8 Å². The maximum atomic E-state index is 14.0. The Morgan fingerprint density at radius 2 is 1.49 bits per heavy atom. The van der Waals surface area contributed by atoms with E-state index in [1.165, 1.54) is 38.5 Å². The lowest BCUT2D eigenvalue weighted by Crippen LogP contribution is -2.59. The molecule has 1 N–H and O–H groups in total. The van der Waals surface area contributed by atoms with E-state index in [2.05, 4.69) is 15.1 Å². The molecule has 1 saturated heterocycles. The summed E-state index contributed by atoms with van der Waals surface area (Å²) < 4.78 is 53.5. The van der Waals surface area contributed by atoms with E-state index in [1.54, 1.807) is 0 Å². The first-order valence-electron chi connectivity index (χ1n) is 14.3. The van der Waals surface area contributed by atoms with Crippen LogP contribution in [-0.4, -0.2) is 72.9 Å². The van der Waals surface area contributed by atoms with Crippen molar-refractivity contribution >= 4 is 5.91 Å². The predicted molar refractivity (Wildman–Crippen MR) is 130 cm³/mol. The molecule has 4 aliphatic rings. The molecular weight excluding hydrogens is 458 g/mol. The van der Waals surface area contributed by atoms with Gasteiger partial charge in [-0.05, 0) is 63.2 Å². The molecule has 0 spiro atoms. The predicted octanol–water partition coefficient (Wildman–Crippen LogP) is 5.71. The zero-order valence-corrected chi connectivity index (χ0v) is 21.2. The van der Waals surface area contributed by atoms with E-state index in [0.29, 0.717) is 24.9 Å². The molecule has 0 aromatic carbocycles. The standard InChI is InChI=1S/C27H45F4N3O/c28-23-18-20(17-22(19-23)27(29,30)31)11-12-32-26(35)25(21-7-3-1-4-8-21)34-15-13-33(14-16-34)24-9-5-2-6-10-24/h20-25H,1-19H2,(H,32,35). The maximum Gasteiger partial charge on any atom is 0.391 e. The molecule has 3 saturated carbocycles. The number of hydrogen-bond acceptors (Lipinski definition) is 3. The van der Waals surface area contributed by atoms with Crippen LogP contribution in [0.2, 0.25) is 0 Å². The Balaban J connectivity index is 1.30. The Labute approximate surface area is 208 Å². The lowest BCUT2D eigenvalue weighted by Gasteiger charge is -2.45. The SMILES string of the molecule is O=C(NCCC1CC(F)CC(C(F)(F)F)C1)C(C1CCCCC1)N1CCN(C2CCCCC2)CC1. The lowest BCUT2D eigenvalue weighted by atomic mass is 9.78. The number of nitrogens with zero attached hydrogens (tertiary/aromatic N) is 2. The highest BCUT2D eigenvalue weighted by molar-refractivity contribution is 5.82. The lowest BCUT2D eigenvalue weighted by molar-refractivity contribution is -0.191. The van der Waals surface area contributed by atoms with Crippen LogP contribution in [0.1, 0.15) is 89.9 Å². The summed E-state index contributed by atoms with van der Waals surface area (Å²) in [7, 11) is 0. The fourth-order valence-corrected chi connectivity index (χ4v) is 7.32. The Morgan fingerprint density at radius 3 is 2.11 bits per heavy atom. The smallest absolute Gasteiger partial charge is 0.355 e. The highest BCUT2D eigenvalue weighted by atomic mass is 19.4. The van der Waals surface area contributed by atoms with Gasteiger partial charge in [0.05, 0.1) is 12.0 Å². The van der Waals surface area contributed by atoms with Crippen molar-refractivity contribution in [2.75, 3.05) is 32.7 Å². The van der Waals surface area contributed by atoms with E-state index >= 15 is 0 Å². The van der Waals surface area contributed by atoms with Crippen LogP contribution in [0.3, 0.4) is 0 Å². The van der Waals surface area contributed by atoms with E-state index in [4.69, 9.17) is 0 Å². The second-order valence-corrected chi connectivity index (χ2v) is 11.7. The Kier molecular flexibility index (Phi) is 9.75. The van der Waals surface area contributed by atoms with Gasteiger partial charge in [-0.25, -0.2) is 4.39 Å².